The van der Waals surface area contributed by atoms with Gasteiger partial charge in [-0.2, -0.15) is 0 Å². The summed E-state index contributed by atoms with van der Waals surface area (Å²) >= 11 is 0. The van der Waals surface area contributed by atoms with Gasteiger partial charge < -0.3 is 9.84 Å². The van der Waals surface area contributed by atoms with E-state index in [2.05, 4.69) is 9.96 Å². The fourth-order valence-electron chi connectivity index (χ4n) is 2.55. The molecule has 6 nitrogen and oxygen atoms in total. The SMILES string of the molecule is CC(=O)Oc1cccc2c(C(O)=C[N+]#N)cc(-c3ccccc3)nc12. The van der Waals surface area contributed by atoms with Crippen LogP contribution in [0.15, 0.2) is 60.8 Å². The van der Waals surface area contributed by atoms with Crippen molar-refractivity contribution < 1.29 is 14.6 Å². The quantitative estimate of drug-likeness (QED) is 0.329. The molecule has 122 valence electrons. The fraction of sp³-hybridized carbons (Fsp3) is 0.0526. The van der Waals surface area contributed by atoms with Crippen molar-refractivity contribution in [1.29, 1.82) is 5.39 Å². The van der Waals surface area contributed by atoms with Gasteiger partial charge in [0.2, 0.25) is 11.2 Å². The Morgan fingerprint density at radius 2 is 1.96 bits per heavy atom. The molecular weight excluding hydrogens is 318 g/mol. The highest BCUT2D eigenvalue weighted by Crippen LogP contribution is 2.33. The number of benzene rings is 2. The lowest BCUT2D eigenvalue weighted by Crippen LogP contribution is -2.03. The van der Waals surface area contributed by atoms with Gasteiger partial charge in [0.15, 0.2) is 10.7 Å². The summed E-state index contributed by atoms with van der Waals surface area (Å²) in [6, 6.07) is 16.1. The minimum absolute atomic E-state index is 0.230. The van der Waals surface area contributed by atoms with Crippen molar-refractivity contribution in [2.75, 3.05) is 0 Å². The van der Waals surface area contributed by atoms with Gasteiger partial charge in [-0.1, -0.05) is 42.5 Å². The average Bonchev–Trinajstić information content (AvgIpc) is 2.61. The number of rotatable bonds is 3. The van der Waals surface area contributed by atoms with E-state index in [1.54, 1.807) is 24.3 Å². The molecule has 0 spiro atoms. The van der Waals surface area contributed by atoms with Gasteiger partial charge in [0, 0.05) is 23.4 Å². The second-order valence-corrected chi connectivity index (χ2v) is 5.30. The van der Waals surface area contributed by atoms with E-state index in [-0.39, 0.29) is 11.5 Å². The lowest BCUT2D eigenvalue weighted by atomic mass is 10.0. The maximum Gasteiger partial charge on any atom is 0.392 e. The molecule has 0 radical (unpaired) electrons. The number of aliphatic hydroxyl groups excluding tert-OH is 1. The number of esters is 1. The van der Waals surface area contributed by atoms with Crippen LogP contribution in [0.2, 0.25) is 0 Å². The second kappa shape index (κ2) is 6.81. The van der Waals surface area contributed by atoms with Crippen molar-refractivity contribution in [2.45, 2.75) is 6.92 Å². The maximum atomic E-state index is 11.4. The molecule has 0 fully saturated rings. The van der Waals surface area contributed by atoms with Crippen LogP contribution in [0.5, 0.6) is 5.75 Å². The number of nitrogens with zero attached hydrogens (tertiary/aromatic N) is 3. The first kappa shape index (κ1) is 16.1. The van der Waals surface area contributed by atoms with Crippen molar-refractivity contribution in [3.63, 3.8) is 0 Å². The number of hydrogen-bond donors (Lipinski definition) is 1. The minimum atomic E-state index is -0.467. The summed E-state index contributed by atoms with van der Waals surface area (Å²) in [5.74, 6) is -0.407. The van der Waals surface area contributed by atoms with E-state index in [1.165, 1.54) is 6.92 Å². The normalized spacial score (nSPS) is 11.1. The van der Waals surface area contributed by atoms with Gasteiger partial charge in [0.1, 0.15) is 5.52 Å². The largest absolute Gasteiger partial charge is 0.501 e. The number of carbonyl (C=O) groups is 1. The highest BCUT2D eigenvalue weighted by Gasteiger charge is 2.16. The molecule has 3 rings (SSSR count). The Hall–Kier alpha value is -3.72. The van der Waals surface area contributed by atoms with Crippen LogP contribution >= 0.6 is 0 Å². The van der Waals surface area contributed by atoms with E-state index in [0.29, 0.717) is 22.2 Å². The maximum absolute atomic E-state index is 11.4. The number of para-hydroxylation sites is 1. The third-order valence-corrected chi connectivity index (χ3v) is 3.58. The second-order valence-electron chi connectivity index (χ2n) is 5.30. The molecule has 3 aromatic rings. The number of ether oxygens (including phenoxy) is 1. The molecule has 0 atom stereocenters. The molecule has 0 aliphatic rings. The van der Waals surface area contributed by atoms with E-state index < -0.39 is 5.97 Å². The van der Waals surface area contributed by atoms with Crippen molar-refractivity contribution in [1.82, 2.24) is 4.98 Å². The van der Waals surface area contributed by atoms with Crippen molar-refractivity contribution in [3.05, 3.63) is 71.3 Å². The summed E-state index contributed by atoms with van der Waals surface area (Å²) < 4.78 is 5.24. The molecule has 6 heteroatoms. The van der Waals surface area contributed by atoms with Gasteiger partial charge in [-0.3, -0.25) is 4.79 Å². The van der Waals surface area contributed by atoms with Crippen LogP contribution in [0, 0.1) is 5.39 Å². The van der Waals surface area contributed by atoms with Gasteiger partial charge in [-0.15, -0.1) is 0 Å². The summed E-state index contributed by atoms with van der Waals surface area (Å²) in [6.07, 6.45) is 0.933. The molecule has 25 heavy (non-hydrogen) atoms. The van der Waals surface area contributed by atoms with Crippen LogP contribution in [-0.2, 0) is 4.79 Å². The first-order chi connectivity index (χ1) is 12.1. The molecule has 0 saturated carbocycles. The van der Waals surface area contributed by atoms with Gasteiger partial charge in [-0.25, -0.2) is 4.98 Å². The topological polar surface area (TPSA) is 87.6 Å². The predicted octanol–water partition coefficient (Wildman–Crippen LogP) is 4.54. The standard InChI is InChI=1S/C19H13N3O3/c1-12(23)25-18-9-5-8-14-15(17(24)11-21-20)10-16(22-19(14)18)13-6-3-2-4-7-13/h2-11H,1H3/p+1. The summed E-state index contributed by atoms with van der Waals surface area (Å²) in [7, 11) is 0. The summed E-state index contributed by atoms with van der Waals surface area (Å²) in [5.41, 5.74) is 2.25. The van der Waals surface area contributed by atoms with Gasteiger partial charge >= 0.3 is 12.2 Å². The van der Waals surface area contributed by atoms with E-state index in [1.807, 2.05) is 30.3 Å². The molecule has 2 aromatic carbocycles. The Morgan fingerprint density at radius 1 is 1.20 bits per heavy atom. The lowest BCUT2D eigenvalue weighted by Gasteiger charge is -2.11. The molecule has 0 aliphatic carbocycles. The molecule has 1 aromatic heterocycles. The smallest absolute Gasteiger partial charge is 0.392 e. The number of pyridine rings is 1. The summed E-state index contributed by atoms with van der Waals surface area (Å²) in [4.78, 5) is 18.8. The molecule has 0 amide bonds. The van der Waals surface area contributed by atoms with E-state index in [0.717, 1.165) is 11.8 Å². The van der Waals surface area contributed by atoms with Crippen LogP contribution in [0.4, 0.5) is 0 Å². The predicted molar refractivity (Wildman–Crippen MR) is 94.2 cm³/mol. The summed E-state index contributed by atoms with van der Waals surface area (Å²) in [6.45, 7) is 1.31. The number of aliphatic hydroxyl groups is 1. The molecule has 0 unspecified atom stereocenters. The van der Waals surface area contributed by atoms with E-state index >= 15 is 0 Å². The van der Waals surface area contributed by atoms with Crippen LogP contribution < -0.4 is 4.74 Å². The van der Waals surface area contributed by atoms with Crippen LogP contribution in [0.1, 0.15) is 12.5 Å². The molecule has 0 bridgehead atoms. The van der Waals surface area contributed by atoms with Gasteiger partial charge in [0.25, 0.3) is 0 Å². The first-order valence-electron chi connectivity index (χ1n) is 7.51. The van der Waals surface area contributed by atoms with Crippen molar-refractivity contribution in [2.24, 2.45) is 0 Å². The Bertz CT molecular complexity index is 1020. The third kappa shape index (κ3) is 3.31. The van der Waals surface area contributed by atoms with Crippen LogP contribution in [0.3, 0.4) is 0 Å². The molecule has 1 heterocycles. The first-order valence-corrected chi connectivity index (χ1v) is 7.51. The monoisotopic (exact) mass is 332 g/mol. The van der Waals surface area contributed by atoms with Gasteiger partial charge in [0.05, 0.1) is 5.69 Å². The highest BCUT2D eigenvalue weighted by atomic mass is 16.5. The average molecular weight is 332 g/mol. The number of carbonyl (C=O) groups excluding carboxylic acids is 1. The Morgan fingerprint density at radius 3 is 2.64 bits per heavy atom. The number of fused-ring (bicyclic) bond motifs is 1. The lowest BCUT2D eigenvalue weighted by molar-refractivity contribution is -0.131. The van der Waals surface area contributed by atoms with E-state index in [9.17, 15) is 9.90 Å². The molecule has 1 N–H and O–H groups in total. The molecule has 0 aliphatic heterocycles. The number of aromatic nitrogens is 1. The van der Waals surface area contributed by atoms with Gasteiger partial charge in [-0.05, 0) is 12.1 Å². The third-order valence-electron chi connectivity index (χ3n) is 3.58. The number of diazo groups is 1. The molecular formula is C19H14N3O3+. The zero-order valence-electron chi connectivity index (χ0n) is 13.4. The van der Waals surface area contributed by atoms with Crippen LogP contribution in [-0.4, -0.2) is 16.1 Å². The zero-order chi connectivity index (χ0) is 17.8. The van der Waals surface area contributed by atoms with Crippen LogP contribution in [0.25, 0.3) is 32.9 Å². The fourth-order valence-corrected chi connectivity index (χ4v) is 2.55. The zero-order valence-corrected chi connectivity index (χ0v) is 13.4. The number of hydrogen-bond acceptors (Lipinski definition) is 5. The Balaban J connectivity index is 2.34. The highest BCUT2D eigenvalue weighted by molar-refractivity contribution is 5.96. The van der Waals surface area contributed by atoms with Crippen molar-refractivity contribution in [3.8, 4) is 17.0 Å². The Labute approximate surface area is 143 Å². The van der Waals surface area contributed by atoms with Crippen molar-refractivity contribution >= 4 is 22.6 Å². The minimum Gasteiger partial charge on any atom is -0.501 e. The molecule has 0 saturated heterocycles. The summed E-state index contributed by atoms with van der Waals surface area (Å²) in [5, 5.41) is 19.5. The Kier molecular flexibility index (Phi) is 4.40. The van der Waals surface area contributed by atoms with E-state index in [4.69, 9.17) is 10.1 Å².